The molecule has 2 aliphatic rings. The SMILES string of the molecule is COc1cc(/C=C2\SC(=S)N(C[C@@H]3CCCO3)C2=O)c(Br)cc1OCc1ccc(F)cc1. The molecule has 0 aliphatic carbocycles. The van der Waals surface area contributed by atoms with Gasteiger partial charge < -0.3 is 14.2 Å². The minimum absolute atomic E-state index is 0.0428. The third-order valence-electron chi connectivity index (χ3n) is 5.16. The van der Waals surface area contributed by atoms with E-state index in [1.807, 2.05) is 0 Å². The summed E-state index contributed by atoms with van der Waals surface area (Å²) in [6, 6.07) is 9.72. The highest BCUT2D eigenvalue weighted by Crippen LogP contribution is 2.38. The van der Waals surface area contributed by atoms with Crippen LogP contribution in [0, 0.1) is 5.82 Å². The van der Waals surface area contributed by atoms with E-state index in [2.05, 4.69) is 15.9 Å². The van der Waals surface area contributed by atoms with E-state index in [1.165, 1.54) is 23.9 Å². The molecule has 32 heavy (non-hydrogen) atoms. The van der Waals surface area contributed by atoms with Gasteiger partial charge in [-0.15, -0.1) is 0 Å². The van der Waals surface area contributed by atoms with Gasteiger partial charge in [-0.05, 0) is 54.3 Å². The Bertz CT molecular complexity index is 1050. The molecular formula is C23H21BrFNO4S2. The molecule has 0 N–H and O–H groups in total. The zero-order valence-electron chi connectivity index (χ0n) is 17.3. The number of rotatable bonds is 7. The summed E-state index contributed by atoms with van der Waals surface area (Å²) in [5.74, 6) is 0.654. The Morgan fingerprint density at radius 2 is 2.09 bits per heavy atom. The van der Waals surface area contributed by atoms with Crippen molar-refractivity contribution in [3.05, 3.63) is 62.7 Å². The van der Waals surface area contributed by atoms with E-state index in [-0.39, 0.29) is 24.4 Å². The molecule has 0 unspecified atom stereocenters. The van der Waals surface area contributed by atoms with E-state index in [4.69, 9.17) is 26.4 Å². The van der Waals surface area contributed by atoms with Crippen LogP contribution in [0.1, 0.15) is 24.0 Å². The van der Waals surface area contributed by atoms with Gasteiger partial charge in [-0.1, -0.05) is 52.0 Å². The number of ether oxygens (including phenoxy) is 3. The molecule has 0 bridgehead atoms. The average molecular weight is 538 g/mol. The van der Waals surface area contributed by atoms with Crippen molar-refractivity contribution in [3.8, 4) is 11.5 Å². The van der Waals surface area contributed by atoms with Crippen LogP contribution >= 0.6 is 39.9 Å². The van der Waals surface area contributed by atoms with Gasteiger partial charge in [-0.3, -0.25) is 9.69 Å². The summed E-state index contributed by atoms with van der Waals surface area (Å²) in [5, 5.41) is 0. The predicted molar refractivity (Wildman–Crippen MR) is 130 cm³/mol. The first-order chi connectivity index (χ1) is 15.4. The second kappa shape index (κ2) is 10.3. The summed E-state index contributed by atoms with van der Waals surface area (Å²) in [6.07, 6.45) is 3.79. The molecule has 1 amide bonds. The number of thiocarbonyl (C=S) groups is 1. The maximum absolute atomic E-state index is 13.1. The third kappa shape index (κ3) is 5.33. The lowest BCUT2D eigenvalue weighted by Gasteiger charge is -2.18. The molecule has 2 aliphatic heterocycles. The number of carbonyl (C=O) groups excluding carboxylic acids is 1. The van der Waals surface area contributed by atoms with E-state index in [9.17, 15) is 9.18 Å². The number of carbonyl (C=O) groups is 1. The molecule has 0 saturated carbocycles. The van der Waals surface area contributed by atoms with Crippen LogP contribution in [0.25, 0.3) is 6.08 Å². The van der Waals surface area contributed by atoms with Gasteiger partial charge in [0, 0.05) is 11.1 Å². The molecule has 2 fully saturated rings. The normalized spacial score (nSPS) is 19.8. The van der Waals surface area contributed by atoms with Crippen LogP contribution in [0.2, 0.25) is 0 Å². The Morgan fingerprint density at radius 3 is 2.78 bits per heavy atom. The summed E-state index contributed by atoms with van der Waals surface area (Å²) in [4.78, 5) is 15.1. The molecule has 2 aromatic rings. The first-order valence-corrected chi connectivity index (χ1v) is 12.1. The summed E-state index contributed by atoms with van der Waals surface area (Å²) >= 11 is 10.3. The standard InChI is InChI=1S/C23H21BrFNO4S2/c1-28-19-9-15(18(24)11-20(19)30-13-14-4-6-16(25)7-5-14)10-21-22(27)26(23(31)32-21)12-17-3-2-8-29-17/h4-7,9-11,17H,2-3,8,12-13H2,1H3/b21-10-/t17-/m0/s1. The van der Waals surface area contributed by atoms with Gasteiger partial charge in [0.2, 0.25) is 0 Å². The van der Waals surface area contributed by atoms with E-state index < -0.39 is 0 Å². The number of thioether (sulfide) groups is 1. The predicted octanol–water partition coefficient (Wildman–Crippen LogP) is 5.56. The second-order valence-corrected chi connectivity index (χ2v) is 9.90. The smallest absolute Gasteiger partial charge is 0.266 e. The summed E-state index contributed by atoms with van der Waals surface area (Å²) in [7, 11) is 1.55. The lowest BCUT2D eigenvalue weighted by molar-refractivity contribution is -0.123. The zero-order valence-corrected chi connectivity index (χ0v) is 20.5. The third-order valence-corrected chi connectivity index (χ3v) is 7.23. The average Bonchev–Trinajstić information content (AvgIpc) is 3.39. The lowest BCUT2D eigenvalue weighted by atomic mass is 10.1. The molecule has 0 aromatic heterocycles. The van der Waals surface area contributed by atoms with Crippen molar-refractivity contribution in [1.82, 2.24) is 4.90 Å². The number of benzene rings is 2. The molecule has 0 spiro atoms. The molecule has 1 atom stereocenters. The number of hydrogen-bond acceptors (Lipinski definition) is 6. The van der Waals surface area contributed by atoms with Crippen molar-refractivity contribution in [3.63, 3.8) is 0 Å². The van der Waals surface area contributed by atoms with Gasteiger partial charge in [-0.2, -0.15) is 0 Å². The minimum Gasteiger partial charge on any atom is -0.493 e. The van der Waals surface area contributed by atoms with E-state index >= 15 is 0 Å². The molecule has 5 nitrogen and oxygen atoms in total. The minimum atomic E-state index is -0.292. The molecule has 2 aromatic carbocycles. The molecular weight excluding hydrogens is 517 g/mol. The van der Waals surface area contributed by atoms with E-state index in [0.717, 1.165) is 35.0 Å². The van der Waals surface area contributed by atoms with Crippen LogP contribution in [-0.4, -0.2) is 41.5 Å². The fourth-order valence-corrected chi connectivity index (χ4v) is 5.17. The molecule has 168 valence electrons. The van der Waals surface area contributed by atoms with Gasteiger partial charge in [0.15, 0.2) is 11.5 Å². The lowest BCUT2D eigenvalue weighted by Crippen LogP contribution is -2.35. The van der Waals surface area contributed by atoms with Crippen LogP contribution in [0.3, 0.4) is 0 Å². The van der Waals surface area contributed by atoms with E-state index in [0.29, 0.717) is 27.3 Å². The van der Waals surface area contributed by atoms with Crippen LogP contribution in [0.15, 0.2) is 45.8 Å². The quantitative estimate of drug-likeness (QED) is 0.340. The van der Waals surface area contributed by atoms with E-state index in [1.54, 1.807) is 42.4 Å². The number of amides is 1. The molecule has 2 heterocycles. The second-order valence-electron chi connectivity index (χ2n) is 7.37. The number of methoxy groups -OCH3 is 1. The Balaban J connectivity index is 1.50. The molecule has 4 rings (SSSR count). The van der Waals surface area contributed by atoms with Crippen LogP contribution in [0.5, 0.6) is 11.5 Å². The van der Waals surface area contributed by atoms with Crippen molar-refractivity contribution in [2.24, 2.45) is 0 Å². The number of halogens is 2. The summed E-state index contributed by atoms with van der Waals surface area (Å²) in [6.45, 7) is 1.49. The monoisotopic (exact) mass is 537 g/mol. The number of hydrogen-bond donors (Lipinski definition) is 0. The zero-order chi connectivity index (χ0) is 22.7. The van der Waals surface area contributed by atoms with Crippen molar-refractivity contribution in [2.45, 2.75) is 25.6 Å². The fraction of sp³-hybridized carbons (Fsp3) is 0.304. The highest BCUT2D eigenvalue weighted by atomic mass is 79.9. The molecule has 0 radical (unpaired) electrons. The van der Waals surface area contributed by atoms with Crippen LogP contribution < -0.4 is 9.47 Å². The molecule has 9 heteroatoms. The van der Waals surface area contributed by atoms with Crippen molar-refractivity contribution < 1.29 is 23.4 Å². The largest absolute Gasteiger partial charge is 0.493 e. The Hall–Kier alpha value is -1.94. The maximum Gasteiger partial charge on any atom is 0.266 e. The van der Waals surface area contributed by atoms with Gasteiger partial charge in [0.1, 0.15) is 16.7 Å². The Labute approximate surface area is 204 Å². The topological polar surface area (TPSA) is 48.0 Å². The van der Waals surface area contributed by atoms with Gasteiger partial charge in [0.05, 0.1) is 24.7 Å². The highest BCUT2D eigenvalue weighted by molar-refractivity contribution is 9.10. The van der Waals surface area contributed by atoms with Crippen molar-refractivity contribution in [1.29, 1.82) is 0 Å². The number of nitrogens with zero attached hydrogens (tertiary/aromatic N) is 1. The first kappa shape index (κ1) is 23.2. The van der Waals surface area contributed by atoms with Crippen molar-refractivity contribution in [2.75, 3.05) is 20.3 Å². The van der Waals surface area contributed by atoms with Crippen LogP contribution in [-0.2, 0) is 16.1 Å². The Morgan fingerprint density at radius 1 is 1.31 bits per heavy atom. The highest BCUT2D eigenvalue weighted by Gasteiger charge is 2.34. The van der Waals surface area contributed by atoms with Crippen molar-refractivity contribution >= 4 is 56.2 Å². The van der Waals surface area contributed by atoms with Gasteiger partial charge >= 0.3 is 0 Å². The van der Waals surface area contributed by atoms with Gasteiger partial charge in [0.25, 0.3) is 5.91 Å². The Kier molecular flexibility index (Phi) is 7.50. The first-order valence-electron chi connectivity index (χ1n) is 10.1. The maximum atomic E-state index is 13.1. The fourth-order valence-electron chi connectivity index (χ4n) is 3.47. The summed E-state index contributed by atoms with van der Waals surface area (Å²) in [5.41, 5.74) is 1.61. The summed E-state index contributed by atoms with van der Waals surface area (Å²) < 4.78 is 31.4. The van der Waals surface area contributed by atoms with Crippen LogP contribution in [0.4, 0.5) is 4.39 Å². The molecule has 2 saturated heterocycles. The van der Waals surface area contributed by atoms with Gasteiger partial charge in [-0.25, -0.2) is 4.39 Å².